The monoisotopic (exact) mass is 222 g/mol. The summed E-state index contributed by atoms with van der Waals surface area (Å²) in [6.45, 7) is 4.04. The lowest BCUT2D eigenvalue weighted by Crippen LogP contribution is -2.24. The minimum absolute atomic E-state index is 0.755. The van der Waals surface area contributed by atoms with Crippen LogP contribution >= 0.6 is 0 Å². The van der Waals surface area contributed by atoms with Gasteiger partial charge in [0.1, 0.15) is 5.82 Å². The Kier molecular flexibility index (Phi) is 4.55. The number of nitrogens with two attached hydrogens (primary N) is 1. The van der Waals surface area contributed by atoms with Gasteiger partial charge in [0.15, 0.2) is 0 Å². The third-order valence-corrected chi connectivity index (χ3v) is 2.60. The van der Waals surface area contributed by atoms with Gasteiger partial charge in [-0.25, -0.2) is 4.98 Å². The molecule has 90 valence electrons. The highest BCUT2D eigenvalue weighted by atomic mass is 15.2. The highest BCUT2D eigenvalue weighted by Gasteiger charge is 2.04. The lowest BCUT2D eigenvalue weighted by atomic mass is 10.3. The predicted octanol–water partition coefficient (Wildman–Crippen LogP) is 1.36. The van der Waals surface area contributed by atoms with Gasteiger partial charge in [-0.3, -0.25) is 0 Å². The van der Waals surface area contributed by atoms with Crippen molar-refractivity contribution >= 4 is 11.5 Å². The van der Waals surface area contributed by atoms with E-state index in [4.69, 9.17) is 5.73 Å². The van der Waals surface area contributed by atoms with E-state index >= 15 is 0 Å². The normalized spacial score (nSPS) is 10.8. The molecule has 0 spiro atoms. The summed E-state index contributed by atoms with van der Waals surface area (Å²) in [6.07, 6.45) is 1.13. The Morgan fingerprint density at radius 3 is 2.44 bits per heavy atom. The molecule has 1 aromatic rings. The number of aromatic nitrogens is 1. The van der Waals surface area contributed by atoms with Crippen molar-refractivity contribution in [2.24, 2.45) is 0 Å². The third kappa shape index (κ3) is 3.70. The number of hydrogen-bond acceptors (Lipinski definition) is 4. The lowest BCUT2D eigenvalue weighted by molar-refractivity contribution is 0.401. The number of rotatable bonds is 5. The molecule has 0 fully saturated rings. The van der Waals surface area contributed by atoms with Crippen molar-refractivity contribution in [3.05, 3.63) is 17.8 Å². The van der Waals surface area contributed by atoms with Crippen LogP contribution in [0.1, 0.15) is 12.1 Å². The van der Waals surface area contributed by atoms with Gasteiger partial charge >= 0.3 is 0 Å². The van der Waals surface area contributed by atoms with Gasteiger partial charge in [0.25, 0.3) is 0 Å². The fourth-order valence-electron chi connectivity index (χ4n) is 1.51. The Morgan fingerprint density at radius 2 is 1.88 bits per heavy atom. The third-order valence-electron chi connectivity index (χ3n) is 2.60. The molecule has 0 radical (unpaired) electrons. The van der Waals surface area contributed by atoms with Crippen LogP contribution in [0.4, 0.5) is 11.5 Å². The minimum Gasteiger partial charge on any atom is -0.397 e. The molecule has 4 heteroatoms. The van der Waals surface area contributed by atoms with Crippen LogP contribution in [0.3, 0.4) is 0 Å². The molecule has 16 heavy (non-hydrogen) atoms. The molecule has 0 bridgehead atoms. The van der Waals surface area contributed by atoms with E-state index in [2.05, 4.69) is 35.9 Å². The second-order valence-corrected chi connectivity index (χ2v) is 4.42. The van der Waals surface area contributed by atoms with Gasteiger partial charge in [0.05, 0.1) is 11.4 Å². The molecule has 0 atom stereocenters. The SMILES string of the molecule is Cc1nc(N(C)CCCN(C)C)ccc1N. The first-order valence-electron chi connectivity index (χ1n) is 5.59. The van der Waals surface area contributed by atoms with Crippen LogP contribution < -0.4 is 10.6 Å². The van der Waals surface area contributed by atoms with Gasteiger partial charge in [-0.15, -0.1) is 0 Å². The highest BCUT2D eigenvalue weighted by Crippen LogP contribution is 2.14. The number of nitrogen functional groups attached to an aromatic ring is 1. The van der Waals surface area contributed by atoms with Gasteiger partial charge in [-0.05, 0) is 46.1 Å². The van der Waals surface area contributed by atoms with Crippen molar-refractivity contribution in [3.63, 3.8) is 0 Å². The molecule has 0 amide bonds. The van der Waals surface area contributed by atoms with Crippen LogP contribution in [0.15, 0.2) is 12.1 Å². The zero-order valence-corrected chi connectivity index (χ0v) is 10.7. The summed E-state index contributed by atoms with van der Waals surface area (Å²) < 4.78 is 0. The average Bonchev–Trinajstić information content (AvgIpc) is 2.21. The maximum atomic E-state index is 5.74. The van der Waals surface area contributed by atoms with Gasteiger partial charge in [0.2, 0.25) is 0 Å². The summed E-state index contributed by atoms with van der Waals surface area (Å²) in [4.78, 5) is 8.81. The second kappa shape index (κ2) is 5.70. The Morgan fingerprint density at radius 1 is 1.19 bits per heavy atom. The molecule has 0 aliphatic rings. The fourth-order valence-corrected chi connectivity index (χ4v) is 1.51. The first-order valence-corrected chi connectivity index (χ1v) is 5.59. The van der Waals surface area contributed by atoms with E-state index in [-0.39, 0.29) is 0 Å². The summed E-state index contributed by atoms with van der Waals surface area (Å²) in [5, 5.41) is 0. The second-order valence-electron chi connectivity index (χ2n) is 4.42. The van der Waals surface area contributed by atoms with Crippen molar-refractivity contribution in [2.45, 2.75) is 13.3 Å². The number of anilines is 2. The van der Waals surface area contributed by atoms with Crippen LogP contribution in [0.5, 0.6) is 0 Å². The van der Waals surface area contributed by atoms with E-state index in [9.17, 15) is 0 Å². The first kappa shape index (κ1) is 12.8. The Bertz CT molecular complexity index is 336. The average molecular weight is 222 g/mol. The summed E-state index contributed by atoms with van der Waals surface area (Å²) in [5.41, 5.74) is 7.40. The summed E-state index contributed by atoms with van der Waals surface area (Å²) >= 11 is 0. The van der Waals surface area contributed by atoms with Crippen LogP contribution in [0.2, 0.25) is 0 Å². The van der Waals surface area contributed by atoms with Crippen molar-refractivity contribution in [1.29, 1.82) is 0 Å². The summed E-state index contributed by atoms with van der Waals surface area (Å²) in [7, 11) is 6.24. The molecule has 0 unspecified atom stereocenters. The Hall–Kier alpha value is -1.29. The number of pyridine rings is 1. The molecule has 0 aromatic carbocycles. The molecule has 2 N–H and O–H groups in total. The molecule has 1 rings (SSSR count). The van der Waals surface area contributed by atoms with Gasteiger partial charge in [0, 0.05) is 13.6 Å². The van der Waals surface area contributed by atoms with E-state index in [1.54, 1.807) is 0 Å². The molecule has 4 nitrogen and oxygen atoms in total. The Balaban J connectivity index is 2.52. The standard InChI is InChI=1S/C12H22N4/c1-10-11(13)6-7-12(14-10)16(4)9-5-8-15(2)3/h6-7H,5,8-9,13H2,1-4H3. The van der Waals surface area contributed by atoms with Crippen molar-refractivity contribution < 1.29 is 0 Å². The first-order chi connectivity index (χ1) is 7.50. The van der Waals surface area contributed by atoms with E-state index in [0.29, 0.717) is 0 Å². The van der Waals surface area contributed by atoms with Crippen LogP contribution in [0.25, 0.3) is 0 Å². The summed E-state index contributed by atoms with van der Waals surface area (Å²) in [6, 6.07) is 3.89. The molecule has 0 aliphatic heterocycles. The molecule has 0 saturated carbocycles. The van der Waals surface area contributed by atoms with Crippen LogP contribution in [-0.2, 0) is 0 Å². The quantitative estimate of drug-likeness (QED) is 0.817. The van der Waals surface area contributed by atoms with E-state index in [0.717, 1.165) is 36.7 Å². The molecular formula is C12H22N4. The Labute approximate surface area is 98.1 Å². The fraction of sp³-hybridized carbons (Fsp3) is 0.583. The van der Waals surface area contributed by atoms with E-state index < -0.39 is 0 Å². The maximum Gasteiger partial charge on any atom is 0.128 e. The van der Waals surface area contributed by atoms with Crippen molar-refractivity contribution in [1.82, 2.24) is 9.88 Å². The number of hydrogen-bond donors (Lipinski definition) is 1. The topological polar surface area (TPSA) is 45.4 Å². The predicted molar refractivity (Wildman–Crippen MR) is 69.8 cm³/mol. The van der Waals surface area contributed by atoms with E-state index in [1.807, 2.05) is 19.1 Å². The van der Waals surface area contributed by atoms with Gasteiger partial charge in [-0.2, -0.15) is 0 Å². The molecule has 0 aliphatic carbocycles. The lowest BCUT2D eigenvalue weighted by Gasteiger charge is -2.20. The van der Waals surface area contributed by atoms with Crippen LogP contribution in [-0.4, -0.2) is 44.1 Å². The highest BCUT2D eigenvalue weighted by molar-refractivity contribution is 5.49. The van der Waals surface area contributed by atoms with Crippen molar-refractivity contribution in [3.8, 4) is 0 Å². The molecule has 0 saturated heterocycles. The van der Waals surface area contributed by atoms with Crippen LogP contribution in [0, 0.1) is 6.92 Å². The molecular weight excluding hydrogens is 200 g/mol. The molecule has 1 heterocycles. The minimum atomic E-state index is 0.755. The van der Waals surface area contributed by atoms with E-state index in [1.165, 1.54) is 0 Å². The van der Waals surface area contributed by atoms with Gasteiger partial charge < -0.3 is 15.5 Å². The number of nitrogens with zero attached hydrogens (tertiary/aromatic N) is 3. The largest absolute Gasteiger partial charge is 0.397 e. The summed E-state index contributed by atoms with van der Waals surface area (Å²) in [5.74, 6) is 0.991. The zero-order chi connectivity index (χ0) is 12.1. The van der Waals surface area contributed by atoms with Crippen molar-refractivity contribution in [2.75, 3.05) is 44.9 Å². The number of aryl methyl sites for hydroxylation is 1. The van der Waals surface area contributed by atoms with Gasteiger partial charge in [-0.1, -0.05) is 0 Å². The zero-order valence-electron chi connectivity index (χ0n) is 10.7. The molecule has 1 aromatic heterocycles. The maximum absolute atomic E-state index is 5.74. The smallest absolute Gasteiger partial charge is 0.128 e.